The van der Waals surface area contributed by atoms with Crippen LogP contribution in [0, 0.1) is 17.8 Å². The highest BCUT2D eigenvalue weighted by molar-refractivity contribution is 5.66. The molecule has 80 valence electrons. The highest BCUT2D eigenvalue weighted by Gasteiger charge is 2.36. The van der Waals surface area contributed by atoms with Crippen LogP contribution in [-0.2, 0) is 4.79 Å². The van der Waals surface area contributed by atoms with Gasteiger partial charge in [-0.15, -0.1) is 0 Å². The van der Waals surface area contributed by atoms with Gasteiger partial charge in [0.05, 0.1) is 0 Å². The molecule has 2 rings (SSSR count). The van der Waals surface area contributed by atoms with E-state index >= 15 is 0 Å². The zero-order valence-corrected chi connectivity index (χ0v) is 8.74. The van der Waals surface area contributed by atoms with Crippen molar-refractivity contribution in [1.82, 2.24) is 0 Å². The third-order valence-electron chi connectivity index (χ3n) is 4.21. The summed E-state index contributed by atoms with van der Waals surface area (Å²) in [6.07, 6.45) is 9.54. The van der Waals surface area contributed by atoms with Gasteiger partial charge in [-0.05, 0) is 43.4 Å². The lowest BCUT2D eigenvalue weighted by molar-refractivity contribution is -0.137. The number of hydrogen-bond acceptors (Lipinski definition) is 1. The van der Waals surface area contributed by atoms with Crippen LogP contribution in [0.1, 0.15) is 51.4 Å². The standard InChI is InChI=1S/C12H20O2/c13-12(14)8-7-10-6-5-9-3-1-2-4-11(9)10/h9-11H,1-8H2,(H,13,14). The van der Waals surface area contributed by atoms with E-state index in [-0.39, 0.29) is 0 Å². The molecule has 2 aliphatic carbocycles. The summed E-state index contributed by atoms with van der Waals surface area (Å²) in [7, 11) is 0. The molecule has 0 bridgehead atoms. The molecule has 2 heteroatoms. The highest BCUT2D eigenvalue weighted by atomic mass is 16.4. The van der Waals surface area contributed by atoms with Crippen LogP contribution in [0.2, 0.25) is 0 Å². The molecule has 3 atom stereocenters. The summed E-state index contributed by atoms with van der Waals surface area (Å²) in [6.45, 7) is 0. The second kappa shape index (κ2) is 4.33. The van der Waals surface area contributed by atoms with Crippen LogP contribution in [0.15, 0.2) is 0 Å². The van der Waals surface area contributed by atoms with E-state index in [0.717, 1.165) is 24.2 Å². The van der Waals surface area contributed by atoms with Gasteiger partial charge in [-0.25, -0.2) is 0 Å². The Morgan fingerprint density at radius 3 is 2.71 bits per heavy atom. The Morgan fingerprint density at radius 2 is 1.93 bits per heavy atom. The summed E-state index contributed by atoms with van der Waals surface area (Å²) < 4.78 is 0. The van der Waals surface area contributed by atoms with Crippen molar-refractivity contribution in [1.29, 1.82) is 0 Å². The van der Waals surface area contributed by atoms with E-state index in [1.54, 1.807) is 0 Å². The molecule has 2 fully saturated rings. The Kier molecular flexibility index (Phi) is 3.09. The fraction of sp³-hybridized carbons (Fsp3) is 0.917. The van der Waals surface area contributed by atoms with Gasteiger partial charge < -0.3 is 5.11 Å². The Hall–Kier alpha value is -0.530. The second-order valence-corrected chi connectivity index (χ2v) is 4.98. The molecule has 0 radical (unpaired) electrons. The minimum absolute atomic E-state index is 0.383. The number of rotatable bonds is 3. The van der Waals surface area contributed by atoms with Gasteiger partial charge in [0.15, 0.2) is 0 Å². The van der Waals surface area contributed by atoms with Gasteiger partial charge in [-0.2, -0.15) is 0 Å². The molecule has 0 spiro atoms. The van der Waals surface area contributed by atoms with Crippen LogP contribution in [0.4, 0.5) is 0 Å². The van der Waals surface area contributed by atoms with Gasteiger partial charge in [0.25, 0.3) is 0 Å². The summed E-state index contributed by atoms with van der Waals surface area (Å²) in [5.41, 5.74) is 0. The topological polar surface area (TPSA) is 37.3 Å². The molecule has 14 heavy (non-hydrogen) atoms. The number of hydrogen-bond donors (Lipinski definition) is 1. The number of carboxylic acids is 1. The first-order chi connectivity index (χ1) is 6.77. The number of carbonyl (C=O) groups is 1. The fourth-order valence-electron chi connectivity index (χ4n) is 3.52. The lowest BCUT2D eigenvalue weighted by Gasteiger charge is -2.29. The number of carboxylic acid groups (broad SMARTS) is 1. The Bertz CT molecular complexity index is 212. The minimum Gasteiger partial charge on any atom is -0.481 e. The van der Waals surface area contributed by atoms with E-state index in [2.05, 4.69) is 0 Å². The van der Waals surface area contributed by atoms with Gasteiger partial charge in [0.1, 0.15) is 0 Å². The van der Waals surface area contributed by atoms with E-state index in [1.807, 2.05) is 0 Å². The maximum Gasteiger partial charge on any atom is 0.303 e. The number of fused-ring (bicyclic) bond motifs is 1. The first kappa shape index (κ1) is 10.0. The van der Waals surface area contributed by atoms with Crippen LogP contribution < -0.4 is 0 Å². The summed E-state index contributed by atoms with van der Waals surface area (Å²) in [4.78, 5) is 10.5. The van der Waals surface area contributed by atoms with Crippen molar-refractivity contribution in [2.75, 3.05) is 0 Å². The molecule has 3 unspecified atom stereocenters. The molecular weight excluding hydrogens is 176 g/mol. The predicted octanol–water partition coefficient (Wildman–Crippen LogP) is 3.07. The van der Waals surface area contributed by atoms with E-state index in [9.17, 15) is 4.79 Å². The van der Waals surface area contributed by atoms with Gasteiger partial charge in [-0.1, -0.05) is 19.3 Å². The normalized spacial score (nSPS) is 36.7. The Balaban J connectivity index is 1.84. The summed E-state index contributed by atoms with van der Waals surface area (Å²) >= 11 is 0. The molecule has 0 aromatic rings. The maximum absolute atomic E-state index is 10.5. The van der Waals surface area contributed by atoms with Crippen molar-refractivity contribution in [3.63, 3.8) is 0 Å². The molecular formula is C12H20O2. The third kappa shape index (κ3) is 2.10. The van der Waals surface area contributed by atoms with E-state index in [1.165, 1.54) is 38.5 Å². The van der Waals surface area contributed by atoms with Crippen LogP contribution >= 0.6 is 0 Å². The van der Waals surface area contributed by atoms with Gasteiger partial charge in [0.2, 0.25) is 0 Å². The zero-order valence-electron chi connectivity index (χ0n) is 8.74. The van der Waals surface area contributed by atoms with Crippen molar-refractivity contribution in [3.8, 4) is 0 Å². The minimum atomic E-state index is -0.621. The molecule has 0 heterocycles. The van der Waals surface area contributed by atoms with E-state index in [0.29, 0.717) is 6.42 Å². The van der Waals surface area contributed by atoms with Crippen LogP contribution in [0.25, 0.3) is 0 Å². The smallest absolute Gasteiger partial charge is 0.303 e. The average molecular weight is 196 g/mol. The molecule has 0 aliphatic heterocycles. The van der Waals surface area contributed by atoms with Gasteiger partial charge in [0, 0.05) is 6.42 Å². The monoisotopic (exact) mass is 196 g/mol. The molecule has 0 saturated heterocycles. The Morgan fingerprint density at radius 1 is 1.14 bits per heavy atom. The van der Waals surface area contributed by atoms with Crippen LogP contribution in [0.5, 0.6) is 0 Å². The molecule has 2 aliphatic rings. The first-order valence-corrected chi connectivity index (χ1v) is 5.99. The van der Waals surface area contributed by atoms with Crippen molar-refractivity contribution >= 4 is 5.97 Å². The lowest BCUT2D eigenvalue weighted by Crippen LogP contribution is -2.19. The van der Waals surface area contributed by atoms with Crippen LogP contribution in [0.3, 0.4) is 0 Å². The Labute approximate surface area is 85.7 Å². The third-order valence-corrected chi connectivity index (χ3v) is 4.21. The van der Waals surface area contributed by atoms with Crippen molar-refractivity contribution in [2.45, 2.75) is 51.4 Å². The van der Waals surface area contributed by atoms with E-state index in [4.69, 9.17) is 5.11 Å². The summed E-state index contributed by atoms with van der Waals surface area (Å²) in [5, 5.41) is 8.67. The highest BCUT2D eigenvalue weighted by Crippen LogP contribution is 2.47. The van der Waals surface area contributed by atoms with Crippen molar-refractivity contribution in [3.05, 3.63) is 0 Å². The van der Waals surface area contributed by atoms with Crippen molar-refractivity contribution < 1.29 is 9.90 Å². The number of aliphatic carboxylic acids is 1. The summed E-state index contributed by atoms with van der Waals surface area (Å²) in [6, 6.07) is 0. The SMILES string of the molecule is O=C(O)CCC1CCC2CCCCC21. The molecule has 2 saturated carbocycles. The van der Waals surface area contributed by atoms with Gasteiger partial charge >= 0.3 is 5.97 Å². The quantitative estimate of drug-likeness (QED) is 0.753. The summed E-state index contributed by atoms with van der Waals surface area (Å²) in [5.74, 6) is 1.94. The molecule has 0 aromatic heterocycles. The predicted molar refractivity (Wildman–Crippen MR) is 55.0 cm³/mol. The fourth-order valence-corrected chi connectivity index (χ4v) is 3.52. The van der Waals surface area contributed by atoms with Crippen molar-refractivity contribution in [2.24, 2.45) is 17.8 Å². The zero-order chi connectivity index (χ0) is 9.97. The lowest BCUT2D eigenvalue weighted by atomic mass is 9.77. The molecule has 0 aromatic carbocycles. The molecule has 0 amide bonds. The van der Waals surface area contributed by atoms with Crippen LogP contribution in [-0.4, -0.2) is 11.1 Å². The van der Waals surface area contributed by atoms with Gasteiger partial charge in [-0.3, -0.25) is 4.79 Å². The largest absolute Gasteiger partial charge is 0.481 e. The molecule has 1 N–H and O–H groups in total. The first-order valence-electron chi connectivity index (χ1n) is 5.99. The van der Waals surface area contributed by atoms with E-state index < -0.39 is 5.97 Å². The maximum atomic E-state index is 10.5. The second-order valence-electron chi connectivity index (χ2n) is 4.98. The molecule has 2 nitrogen and oxygen atoms in total. The average Bonchev–Trinajstić information content (AvgIpc) is 2.58.